The molecule has 0 spiro atoms. The van der Waals surface area contributed by atoms with E-state index in [9.17, 15) is 4.79 Å². The average Bonchev–Trinajstić information content (AvgIpc) is 3.03. The van der Waals surface area contributed by atoms with Gasteiger partial charge in [0.1, 0.15) is 0 Å². The molecule has 0 saturated carbocycles. The number of carbonyl (C=O) groups is 1. The van der Waals surface area contributed by atoms with Gasteiger partial charge in [0, 0.05) is 11.1 Å². The summed E-state index contributed by atoms with van der Waals surface area (Å²) in [5.41, 5.74) is 4.85. The van der Waals surface area contributed by atoms with Crippen molar-refractivity contribution in [2.24, 2.45) is 0 Å². The van der Waals surface area contributed by atoms with Crippen molar-refractivity contribution in [3.8, 4) is 0 Å². The van der Waals surface area contributed by atoms with E-state index in [0.717, 1.165) is 28.4 Å². The lowest BCUT2D eigenvalue weighted by molar-refractivity contribution is -0.115. The van der Waals surface area contributed by atoms with Crippen LogP contribution in [0.3, 0.4) is 0 Å². The molecule has 0 bridgehead atoms. The second-order valence-corrected chi connectivity index (χ2v) is 6.21. The van der Waals surface area contributed by atoms with Gasteiger partial charge in [0.15, 0.2) is 0 Å². The van der Waals surface area contributed by atoms with Crippen LogP contribution in [0.1, 0.15) is 23.1 Å². The highest BCUT2D eigenvalue weighted by molar-refractivity contribution is 6.02. The Hall–Kier alpha value is -2.61. The molecular formula is C21H19NO. The van der Waals surface area contributed by atoms with Gasteiger partial charge >= 0.3 is 0 Å². The summed E-state index contributed by atoms with van der Waals surface area (Å²) in [4.78, 5) is 12.4. The van der Waals surface area contributed by atoms with Gasteiger partial charge in [-0.15, -0.1) is 0 Å². The number of amides is 1. The first-order valence-corrected chi connectivity index (χ1v) is 8.18. The normalized spacial score (nSPS) is 13.0. The molecule has 0 aromatic heterocycles. The van der Waals surface area contributed by atoms with Crippen LogP contribution in [0.25, 0.3) is 10.8 Å². The van der Waals surface area contributed by atoms with Crippen molar-refractivity contribution in [3.05, 3.63) is 77.4 Å². The first kappa shape index (κ1) is 14.0. The van der Waals surface area contributed by atoms with Gasteiger partial charge in [0.05, 0.1) is 6.42 Å². The number of benzene rings is 3. The minimum atomic E-state index is 0.0410. The van der Waals surface area contributed by atoms with E-state index in [1.54, 1.807) is 0 Å². The van der Waals surface area contributed by atoms with E-state index in [0.29, 0.717) is 6.42 Å². The van der Waals surface area contributed by atoms with Crippen LogP contribution >= 0.6 is 0 Å². The van der Waals surface area contributed by atoms with Crippen molar-refractivity contribution in [2.45, 2.75) is 25.7 Å². The number of fused-ring (bicyclic) bond motifs is 2. The number of hydrogen-bond acceptors (Lipinski definition) is 1. The van der Waals surface area contributed by atoms with E-state index in [2.05, 4.69) is 35.6 Å². The predicted octanol–water partition coefficient (Wildman–Crippen LogP) is 4.51. The van der Waals surface area contributed by atoms with Crippen LogP contribution in [-0.2, 0) is 24.1 Å². The average molecular weight is 301 g/mol. The summed E-state index contributed by atoms with van der Waals surface area (Å²) >= 11 is 0. The van der Waals surface area contributed by atoms with E-state index >= 15 is 0 Å². The third kappa shape index (κ3) is 2.85. The van der Waals surface area contributed by atoms with Gasteiger partial charge in [-0.25, -0.2) is 0 Å². The molecule has 2 nitrogen and oxygen atoms in total. The summed E-state index contributed by atoms with van der Waals surface area (Å²) in [5.74, 6) is 0.0410. The zero-order chi connectivity index (χ0) is 15.6. The molecule has 114 valence electrons. The summed E-state index contributed by atoms with van der Waals surface area (Å²) in [6.07, 6.45) is 3.99. The smallest absolute Gasteiger partial charge is 0.228 e. The van der Waals surface area contributed by atoms with E-state index in [1.807, 2.05) is 30.3 Å². The molecular weight excluding hydrogens is 282 g/mol. The molecule has 1 amide bonds. The van der Waals surface area contributed by atoms with Crippen molar-refractivity contribution in [1.82, 2.24) is 0 Å². The zero-order valence-corrected chi connectivity index (χ0v) is 13.0. The lowest BCUT2D eigenvalue weighted by Gasteiger charge is -2.09. The summed E-state index contributed by atoms with van der Waals surface area (Å²) in [6, 6.07) is 20.6. The van der Waals surface area contributed by atoms with Crippen molar-refractivity contribution in [3.63, 3.8) is 0 Å². The summed E-state index contributed by atoms with van der Waals surface area (Å²) in [5, 5.41) is 5.28. The van der Waals surface area contributed by atoms with Crippen LogP contribution in [0, 0.1) is 0 Å². The molecule has 3 aromatic carbocycles. The number of carbonyl (C=O) groups excluding carboxylic acids is 1. The van der Waals surface area contributed by atoms with Crippen molar-refractivity contribution in [2.75, 3.05) is 5.32 Å². The lowest BCUT2D eigenvalue weighted by atomic mass is 10.0. The fraction of sp³-hybridized carbons (Fsp3) is 0.190. The maximum Gasteiger partial charge on any atom is 0.228 e. The highest BCUT2D eigenvalue weighted by Gasteiger charge is 2.12. The SMILES string of the molecule is O=C(Cc1ccc2c(c1)CCC2)Nc1cccc2ccccc12. The van der Waals surface area contributed by atoms with Gasteiger partial charge < -0.3 is 5.32 Å². The van der Waals surface area contributed by atoms with Gasteiger partial charge in [-0.2, -0.15) is 0 Å². The molecule has 1 aliphatic carbocycles. The second-order valence-electron chi connectivity index (χ2n) is 6.21. The first-order chi connectivity index (χ1) is 11.3. The molecule has 0 aliphatic heterocycles. The largest absolute Gasteiger partial charge is 0.325 e. The molecule has 0 atom stereocenters. The van der Waals surface area contributed by atoms with E-state index in [-0.39, 0.29) is 5.91 Å². The molecule has 0 unspecified atom stereocenters. The molecule has 0 heterocycles. The van der Waals surface area contributed by atoms with Gasteiger partial charge in [-0.1, -0.05) is 54.6 Å². The van der Waals surface area contributed by atoms with Crippen LogP contribution in [0.2, 0.25) is 0 Å². The molecule has 1 aliphatic rings. The van der Waals surface area contributed by atoms with E-state index in [4.69, 9.17) is 0 Å². The Morgan fingerprint density at radius 2 is 1.74 bits per heavy atom. The van der Waals surface area contributed by atoms with Crippen LogP contribution < -0.4 is 5.32 Å². The van der Waals surface area contributed by atoms with Gasteiger partial charge in [0.25, 0.3) is 0 Å². The number of anilines is 1. The minimum Gasteiger partial charge on any atom is -0.325 e. The van der Waals surface area contributed by atoms with Crippen molar-refractivity contribution >= 4 is 22.4 Å². The quantitative estimate of drug-likeness (QED) is 0.757. The fourth-order valence-corrected chi connectivity index (χ4v) is 3.45. The van der Waals surface area contributed by atoms with Gasteiger partial charge in [0.2, 0.25) is 5.91 Å². The fourth-order valence-electron chi connectivity index (χ4n) is 3.45. The Balaban J connectivity index is 1.53. The lowest BCUT2D eigenvalue weighted by Crippen LogP contribution is -2.14. The second kappa shape index (κ2) is 5.88. The Bertz CT molecular complexity index is 877. The molecule has 23 heavy (non-hydrogen) atoms. The minimum absolute atomic E-state index is 0.0410. The summed E-state index contributed by atoms with van der Waals surface area (Å²) < 4.78 is 0. The number of nitrogens with one attached hydrogen (secondary N) is 1. The zero-order valence-electron chi connectivity index (χ0n) is 13.0. The maximum absolute atomic E-state index is 12.4. The number of hydrogen-bond donors (Lipinski definition) is 1. The highest BCUT2D eigenvalue weighted by Crippen LogP contribution is 2.25. The molecule has 0 fully saturated rings. The Labute approximate surface area is 136 Å². The molecule has 1 N–H and O–H groups in total. The standard InChI is InChI=1S/C21H19NO/c23-21(14-15-11-12-16-6-3-8-18(16)13-15)22-20-10-4-7-17-5-1-2-9-19(17)20/h1-2,4-5,7,9-13H,3,6,8,14H2,(H,22,23). The Morgan fingerprint density at radius 1 is 0.913 bits per heavy atom. The van der Waals surface area contributed by atoms with Crippen molar-refractivity contribution in [1.29, 1.82) is 0 Å². The highest BCUT2D eigenvalue weighted by atomic mass is 16.1. The molecule has 3 aromatic rings. The topological polar surface area (TPSA) is 29.1 Å². The molecule has 4 rings (SSSR count). The number of rotatable bonds is 3. The monoisotopic (exact) mass is 301 g/mol. The maximum atomic E-state index is 12.4. The summed E-state index contributed by atoms with van der Waals surface area (Å²) in [7, 11) is 0. The third-order valence-electron chi connectivity index (χ3n) is 4.59. The Morgan fingerprint density at radius 3 is 2.70 bits per heavy atom. The van der Waals surface area contributed by atoms with Crippen molar-refractivity contribution < 1.29 is 4.79 Å². The van der Waals surface area contributed by atoms with Gasteiger partial charge in [-0.3, -0.25) is 4.79 Å². The van der Waals surface area contributed by atoms with Crippen LogP contribution in [0.15, 0.2) is 60.7 Å². The number of aryl methyl sites for hydroxylation is 2. The molecule has 2 heteroatoms. The van der Waals surface area contributed by atoms with Gasteiger partial charge in [-0.05, 0) is 47.4 Å². The third-order valence-corrected chi connectivity index (χ3v) is 4.59. The van der Waals surface area contributed by atoms with Crippen LogP contribution in [0.4, 0.5) is 5.69 Å². The van der Waals surface area contributed by atoms with E-state index in [1.165, 1.54) is 24.0 Å². The first-order valence-electron chi connectivity index (χ1n) is 8.18. The summed E-state index contributed by atoms with van der Waals surface area (Å²) in [6.45, 7) is 0. The van der Waals surface area contributed by atoms with Crippen LogP contribution in [-0.4, -0.2) is 5.91 Å². The predicted molar refractivity (Wildman–Crippen MR) is 94.7 cm³/mol. The van der Waals surface area contributed by atoms with Crippen LogP contribution in [0.5, 0.6) is 0 Å². The molecule has 0 saturated heterocycles. The Kier molecular flexibility index (Phi) is 3.58. The molecule has 0 radical (unpaired) electrons. The van der Waals surface area contributed by atoms with E-state index < -0.39 is 0 Å².